The predicted octanol–water partition coefficient (Wildman–Crippen LogP) is 3.18. The van der Waals surface area contributed by atoms with Crippen LogP contribution in [-0.2, 0) is 14.8 Å². The number of sulfonamides is 1. The number of ether oxygens (including phenoxy) is 2. The molecule has 0 bridgehead atoms. The van der Waals surface area contributed by atoms with Crippen molar-refractivity contribution in [3.63, 3.8) is 0 Å². The fourth-order valence-corrected chi connectivity index (χ4v) is 4.65. The van der Waals surface area contributed by atoms with E-state index in [0.717, 1.165) is 4.90 Å². The van der Waals surface area contributed by atoms with Crippen molar-refractivity contribution in [1.29, 1.82) is 0 Å². The van der Waals surface area contributed by atoms with Gasteiger partial charge in [-0.25, -0.2) is 8.42 Å². The highest BCUT2D eigenvalue weighted by Gasteiger charge is 2.23. The van der Waals surface area contributed by atoms with E-state index < -0.39 is 10.0 Å². The number of thioether (sulfide) groups is 1. The summed E-state index contributed by atoms with van der Waals surface area (Å²) in [7, 11) is -0.861. The minimum Gasteiger partial charge on any atom is -0.493 e. The number of methoxy groups -OCH3 is 2. The summed E-state index contributed by atoms with van der Waals surface area (Å²) in [5.41, 5.74) is 0.846. The van der Waals surface area contributed by atoms with Gasteiger partial charge in [-0.1, -0.05) is 6.92 Å². The molecule has 0 aliphatic carbocycles. The average molecular weight is 409 g/mol. The fraction of sp³-hybridized carbons (Fsp3) is 0.278. The number of hydrogen-bond donors (Lipinski definition) is 2. The molecule has 3 rings (SSSR count). The summed E-state index contributed by atoms with van der Waals surface area (Å²) in [6, 6.07) is 9.45. The highest BCUT2D eigenvalue weighted by atomic mass is 32.2. The lowest BCUT2D eigenvalue weighted by atomic mass is 10.2. The smallest absolute Gasteiger partial charge is 0.261 e. The molecule has 2 aromatic carbocycles. The lowest BCUT2D eigenvalue weighted by Gasteiger charge is -2.13. The Balaban J connectivity index is 1.90. The van der Waals surface area contributed by atoms with Crippen molar-refractivity contribution in [3.05, 3.63) is 36.4 Å². The van der Waals surface area contributed by atoms with Gasteiger partial charge in [-0.15, -0.1) is 11.8 Å². The maximum Gasteiger partial charge on any atom is 0.261 e. The van der Waals surface area contributed by atoms with Crippen molar-refractivity contribution < 1.29 is 22.7 Å². The van der Waals surface area contributed by atoms with Crippen LogP contribution in [0.3, 0.4) is 0 Å². The van der Waals surface area contributed by atoms with Gasteiger partial charge in [-0.3, -0.25) is 9.52 Å². The minimum absolute atomic E-state index is 0.0616. The molecule has 1 amide bonds. The molecule has 0 saturated heterocycles. The van der Waals surface area contributed by atoms with Gasteiger partial charge >= 0.3 is 0 Å². The molecule has 0 aromatic heterocycles. The van der Waals surface area contributed by atoms with E-state index >= 15 is 0 Å². The molecule has 1 aliphatic rings. The molecule has 2 aromatic rings. The second-order valence-corrected chi connectivity index (χ2v) is 8.78. The highest BCUT2D eigenvalue weighted by Crippen LogP contribution is 2.35. The Hall–Kier alpha value is -2.39. The Morgan fingerprint density at radius 2 is 1.85 bits per heavy atom. The largest absolute Gasteiger partial charge is 0.493 e. The van der Waals surface area contributed by atoms with Crippen molar-refractivity contribution >= 4 is 39.1 Å². The van der Waals surface area contributed by atoms with Crippen LogP contribution < -0.4 is 19.5 Å². The molecular weight excluding hydrogens is 388 g/mol. The van der Waals surface area contributed by atoms with Gasteiger partial charge in [0.05, 0.1) is 30.5 Å². The molecule has 0 unspecified atom stereocenters. The van der Waals surface area contributed by atoms with E-state index in [2.05, 4.69) is 10.0 Å². The van der Waals surface area contributed by atoms with Gasteiger partial charge in [-0.05, 0) is 30.3 Å². The van der Waals surface area contributed by atoms with Crippen LogP contribution in [0, 0.1) is 5.92 Å². The van der Waals surface area contributed by atoms with Crippen molar-refractivity contribution in [3.8, 4) is 11.5 Å². The van der Waals surface area contributed by atoms with Crippen molar-refractivity contribution in [2.75, 3.05) is 30.0 Å². The monoisotopic (exact) mass is 408 g/mol. The van der Waals surface area contributed by atoms with Crippen LogP contribution >= 0.6 is 11.8 Å². The Kier molecular flexibility index (Phi) is 5.52. The lowest BCUT2D eigenvalue weighted by molar-refractivity contribution is -0.118. The number of carbonyl (C=O) groups excluding carboxylic acids is 1. The highest BCUT2D eigenvalue weighted by molar-refractivity contribution is 7.99. The van der Waals surface area contributed by atoms with E-state index in [1.54, 1.807) is 24.3 Å². The number of hydrogen-bond acceptors (Lipinski definition) is 6. The zero-order valence-corrected chi connectivity index (χ0v) is 16.7. The van der Waals surface area contributed by atoms with E-state index in [4.69, 9.17) is 9.47 Å². The number of rotatable bonds is 5. The van der Waals surface area contributed by atoms with Gasteiger partial charge in [0.2, 0.25) is 5.91 Å². The zero-order chi connectivity index (χ0) is 19.6. The van der Waals surface area contributed by atoms with Gasteiger partial charge in [0, 0.05) is 22.6 Å². The maximum absolute atomic E-state index is 12.8. The van der Waals surface area contributed by atoms with Crippen LogP contribution in [0.1, 0.15) is 6.92 Å². The van der Waals surface area contributed by atoms with Crippen LogP contribution in [-0.4, -0.2) is 34.3 Å². The normalized spacial score (nSPS) is 16.7. The number of benzene rings is 2. The molecule has 1 aliphatic heterocycles. The van der Waals surface area contributed by atoms with Crippen molar-refractivity contribution in [2.45, 2.75) is 16.7 Å². The van der Waals surface area contributed by atoms with E-state index in [-0.39, 0.29) is 16.7 Å². The first-order chi connectivity index (χ1) is 12.8. The SMILES string of the molecule is COc1ccc(NS(=O)(=O)c2ccc3c(c2)NC(=O)[C@H](C)CS3)cc1OC. The number of fused-ring (bicyclic) bond motifs is 1. The first kappa shape index (κ1) is 19.4. The topological polar surface area (TPSA) is 93.7 Å². The van der Waals surface area contributed by atoms with Gasteiger partial charge in [0.25, 0.3) is 10.0 Å². The minimum atomic E-state index is -3.84. The number of nitrogens with one attached hydrogen (secondary N) is 2. The number of anilines is 2. The molecule has 0 fully saturated rings. The standard InChI is InChI=1S/C18H20N2O5S2/c1-11-10-26-17-7-5-13(9-14(17)19-18(11)21)27(22,23)20-12-4-6-15(24-2)16(8-12)25-3/h4-9,11,20H,10H2,1-3H3,(H,19,21)/t11-/m1/s1. The van der Waals surface area contributed by atoms with E-state index in [0.29, 0.717) is 28.6 Å². The molecule has 1 heterocycles. The molecule has 27 heavy (non-hydrogen) atoms. The van der Waals surface area contributed by atoms with Gasteiger partial charge < -0.3 is 14.8 Å². The molecular formula is C18H20N2O5S2. The summed E-state index contributed by atoms with van der Waals surface area (Å²) in [4.78, 5) is 13.0. The van der Waals surface area contributed by atoms with Gasteiger partial charge in [-0.2, -0.15) is 0 Å². The third-order valence-electron chi connectivity index (χ3n) is 4.09. The zero-order valence-electron chi connectivity index (χ0n) is 15.1. The first-order valence-electron chi connectivity index (χ1n) is 8.16. The number of carbonyl (C=O) groups is 1. The number of amides is 1. The van der Waals surface area contributed by atoms with Gasteiger partial charge in [0.15, 0.2) is 11.5 Å². The average Bonchev–Trinajstić information content (AvgIpc) is 2.79. The third-order valence-corrected chi connectivity index (χ3v) is 6.80. The molecule has 0 spiro atoms. The van der Waals surface area contributed by atoms with Crippen LogP contribution in [0.4, 0.5) is 11.4 Å². The summed E-state index contributed by atoms with van der Waals surface area (Å²) in [5.74, 6) is 1.29. The van der Waals surface area contributed by atoms with Crippen molar-refractivity contribution in [2.24, 2.45) is 5.92 Å². The third kappa shape index (κ3) is 4.14. The second-order valence-electron chi connectivity index (χ2n) is 6.03. The van der Waals surface area contributed by atoms with E-state index in [9.17, 15) is 13.2 Å². The molecule has 0 radical (unpaired) electrons. The summed E-state index contributed by atoms with van der Waals surface area (Å²) >= 11 is 1.52. The second kappa shape index (κ2) is 7.69. The Morgan fingerprint density at radius 1 is 1.11 bits per heavy atom. The Labute approximate surface area is 162 Å². The van der Waals surface area contributed by atoms with Crippen LogP contribution in [0.15, 0.2) is 46.2 Å². The van der Waals surface area contributed by atoms with Crippen LogP contribution in [0.25, 0.3) is 0 Å². The van der Waals surface area contributed by atoms with Crippen molar-refractivity contribution in [1.82, 2.24) is 0 Å². The summed E-state index contributed by atoms with van der Waals surface area (Å²) in [6.45, 7) is 1.84. The summed E-state index contributed by atoms with van der Waals surface area (Å²) < 4.78 is 38.4. The quantitative estimate of drug-likeness (QED) is 0.789. The summed E-state index contributed by atoms with van der Waals surface area (Å²) in [5, 5.41) is 2.79. The van der Waals surface area contributed by atoms with E-state index in [1.165, 1.54) is 38.1 Å². The Bertz CT molecular complexity index is 976. The molecule has 7 nitrogen and oxygen atoms in total. The van der Waals surface area contributed by atoms with Crippen LogP contribution in [0.5, 0.6) is 11.5 Å². The predicted molar refractivity (Wildman–Crippen MR) is 105 cm³/mol. The summed E-state index contributed by atoms with van der Waals surface area (Å²) in [6.07, 6.45) is 0. The molecule has 0 saturated carbocycles. The van der Waals surface area contributed by atoms with E-state index in [1.807, 2.05) is 6.92 Å². The maximum atomic E-state index is 12.8. The van der Waals surface area contributed by atoms with Gasteiger partial charge in [0.1, 0.15) is 0 Å². The molecule has 2 N–H and O–H groups in total. The molecule has 9 heteroatoms. The fourth-order valence-electron chi connectivity index (χ4n) is 2.56. The first-order valence-corrected chi connectivity index (χ1v) is 10.6. The lowest BCUT2D eigenvalue weighted by Crippen LogP contribution is -2.20. The van der Waals surface area contributed by atoms with Crippen LogP contribution in [0.2, 0.25) is 0 Å². The molecule has 144 valence electrons. The Morgan fingerprint density at radius 3 is 2.56 bits per heavy atom. The molecule has 1 atom stereocenters.